The predicted octanol–water partition coefficient (Wildman–Crippen LogP) is 3.34. The summed E-state index contributed by atoms with van der Waals surface area (Å²) in [5.74, 6) is -0.727. The number of hydrogen-bond acceptors (Lipinski definition) is 2. The standard InChI is InChI=1S/C14H15FO2/c15-13-9-5-4-8-12(13)14(16)17-10-11-6-2-1-3-7-11/h1-2,4-5,8-9,11H,3,6-7,10H2. The zero-order chi connectivity index (χ0) is 12.1. The van der Waals surface area contributed by atoms with Crippen molar-refractivity contribution in [1.82, 2.24) is 0 Å². The van der Waals surface area contributed by atoms with Crippen LogP contribution in [0.15, 0.2) is 36.4 Å². The summed E-state index contributed by atoms with van der Waals surface area (Å²) >= 11 is 0. The molecular formula is C14H15FO2. The van der Waals surface area contributed by atoms with Gasteiger partial charge in [0.2, 0.25) is 0 Å². The van der Waals surface area contributed by atoms with Crippen LogP contribution in [-0.4, -0.2) is 12.6 Å². The van der Waals surface area contributed by atoms with Crippen molar-refractivity contribution in [3.8, 4) is 0 Å². The molecule has 1 aliphatic carbocycles. The number of halogens is 1. The Hall–Kier alpha value is -1.64. The highest BCUT2D eigenvalue weighted by molar-refractivity contribution is 5.89. The first kappa shape index (κ1) is 11.8. The summed E-state index contributed by atoms with van der Waals surface area (Å²) in [4.78, 5) is 11.6. The molecule has 1 atom stereocenters. The Kier molecular flexibility index (Phi) is 3.91. The minimum absolute atomic E-state index is 0.0128. The van der Waals surface area contributed by atoms with E-state index in [1.807, 2.05) is 0 Å². The number of carbonyl (C=O) groups excluding carboxylic acids is 1. The Morgan fingerprint density at radius 2 is 2.18 bits per heavy atom. The van der Waals surface area contributed by atoms with Crippen molar-refractivity contribution >= 4 is 5.97 Å². The van der Waals surface area contributed by atoms with E-state index < -0.39 is 11.8 Å². The summed E-state index contributed by atoms with van der Waals surface area (Å²) in [5, 5.41) is 0. The fourth-order valence-corrected chi connectivity index (χ4v) is 1.91. The van der Waals surface area contributed by atoms with Crippen LogP contribution in [0.25, 0.3) is 0 Å². The number of rotatable bonds is 3. The van der Waals surface area contributed by atoms with Gasteiger partial charge in [0, 0.05) is 0 Å². The third-order valence-electron chi connectivity index (χ3n) is 2.92. The predicted molar refractivity (Wildman–Crippen MR) is 63.2 cm³/mol. The molecule has 3 heteroatoms. The first-order valence-corrected chi connectivity index (χ1v) is 5.84. The van der Waals surface area contributed by atoms with Crippen LogP contribution in [0.2, 0.25) is 0 Å². The van der Waals surface area contributed by atoms with Crippen LogP contribution in [0, 0.1) is 11.7 Å². The second-order valence-corrected chi connectivity index (χ2v) is 4.23. The van der Waals surface area contributed by atoms with E-state index in [-0.39, 0.29) is 5.56 Å². The lowest BCUT2D eigenvalue weighted by atomic mass is 9.95. The third kappa shape index (κ3) is 3.16. The lowest BCUT2D eigenvalue weighted by Gasteiger charge is -2.17. The summed E-state index contributed by atoms with van der Waals surface area (Å²) in [6.45, 7) is 0.373. The molecule has 0 heterocycles. The Labute approximate surface area is 100 Å². The summed E-state index contributed by atoms with van der Waals surface area (Å²) in [5.41, 5.74) is 0.0128. The van der Waals surface area contributed by atoms with Gasteiger partial charge in [0.1, 0.15) is 5.82 Å². The van der Waals surface area contributed by atoms with E-state index in [0.717, 1.165) is 19.3 Å². The lowest BCUT2D eigenvalue weighted by Crippen LogP contribution is -2.16. The molecule has 0 N–H and O–H groups in total. The highest BCUT2D eigenvalue weighted by Crippen LogP contribution is 2.19. The number of benzene rings is 1. The highest BCUT2D eigenvalue weighted by atomic mass is 19.1. The van der Waals surface area contributed by atoms with Gasteiger partial charge in [0.15, 0.2) is 0 Å². The maximum absolute atomic E-state index is 13.3. The molecule has 2 nitrogen and oxygen atoms in total. The van der Waals surface area contributed by atoms with Crippen LogP contribution in [0.4, 0.5) is 4.39 Å². The van der Waals surface area contributed by atoms with Crippen LogP contribution >= 0.6 is 0 Å². The molecule has 90 valence electrons. The average Bonchev–Trinajstić information content (AvgIpc) is 2.38. The lowest BCUT2D eigenvalue weighted by molar-refractivity contribution is 0.0427. The van der Waals surface area contributed by atoms with Gasteiger partial charge >= 0.3 is 5.97 Å². The molecule has 0 radical (unpaired) electrons. The van der Waals surface area contributed by atoms with Gasteiger partial charge in [-0.15, -0.1) is 0 Å². The second kappa shape index (κ2) is 5.62. The molecular weight excluding hydrogens is 219 g/mol. The van der Waals surface area contributed by atoms with Gasteiger partial charge in [-0.25, -0.2) is 9.18 Å². The molecule has 1 aromatic carbocycles. The fraction of sp³-hybridized carbons (Fsp3) is 0.357. The SMILES string of the molecule is O=C(OCC1CC=CCC1)c1ccccc1F. The third-order valence-corrected chi connectivity index (χ3v) is 2.92. The van der Waals surface area contributed by atoms with E-state index in [1.54, 1.807) is 12.1 Å². The van der Waals surface area contributed by atoms with Crippen molar-refractivity contribution in [3.63, 3.8) is 0 Å². The van der Waals surface area contributed by atoms with Crippen molar-refractivity contribution in [1.29, 1.82) is 0 Å². The molecule has 1 aliphatic rings. The quantitative estimate of drug-likeness (QED) is 0.592. The summed E-state index contributed by atoms with van der Waals surface area (Å²) in [6, 6.07) is 5.89. The Bertz CT molecular complexity index is 426. The highest BCUT2D eigenvalue weighted by Gasteiger charge is 2.16. The summed E-state index contributed by atoms with van der Waals surface area (Å²) in [7, 11) is 0. The molecule has 0 amide bonds. The molecule has 0 saturated carbocycles. The van der Waals surface area contributed by atoms with E-state index in [4.69, 9.17) is 4.74 Å². The first-order valence-electron chi connectivity index (χ1n) is 5.84. The largest absolute Gasteiger partial charge is 0.462 e. The van der Waals surface area contributed by atoms with Gasteiger partial charge < -0.3 is 4.74 Å². The monoisotopic (exact) mass is 234 g/mol. The smallest absolute Gasteiger partial charge is 0.341 e. The minimum atomic E-state index is -0.572. The van der Waals surface area contributed by atoms with Gasteiger partial charge in [0.05, 0.1) is 12.2 Å². The number of esters is 1. The zero-order valence-electron chi connectivity index (χ0n) is 9.56. The van der Waals surface area contributed by atoms with Crippen LogP contribution in [0.5, 0.6) is 0 Å². The van der Waals surface area contributed by atoms with E-state index >= 15 is 0 Å². The molecule has 0 bridgehead atoms. The van der Waals surface area contributed by atoms with Crippen molar-refractivity contribution in [2.45, 2.75) is 19.3 Å². The van der Waals surface area contributed by atoms with Crippen molar-refractivity contribution in [2.24, 2.45) is 5.92 Å². The first-order chi connectivity index (χ1) is 8.27. The Morgan fingerprint density at radius 3 is 2.88 bits per heavy atom. The molecule has 0 spiro atoms. The van der Waals surface area contributed by atoms with E-state index in [2.05, 4.69) is 12.2 Å². The van der Waals surface area contributed by atoms with Crippen molar-refractivity contribution in [3.05, 3.63) is 47.8 Å². The van der Waals surface area contributed by atoms with Crippen LogP contribution in [0.1, 0.15) is 29.6 Å². The van der Waals surface area contributed by atoms with Gasteiger partial charge in [-0.05, 0) is 37.3 Å². The topological polar surface area (TPSA) is 26.3 Å². The molecule has 0 aliphatic heterocycles. The molecule has 17 heavy (non-hydrogen) atoms. The van der Waals surface area contributed by atoms with Gasteiger partial charge in [-0.2, -0.15) is 0 Å². The van der Waals surface area contributed by atoms with Crippen LogP contribution < -0.4 is 0 Å². The number of allylic oxidation sites excluding steroid dienone is 2. The summed E-state index contributed by atoms with van der Waals surface area (Å²) in [6.07, 6.45) is 7.23. The van der Waals surface area contributed by atoms with Gasteiger partial charge in [0.25, 0.3) is 0 Å². The molecule has 1 unspecified atom stereocenters. The van der Waals surface area contributed by atoms with Crippen LogP contribution in [-0.2, 0) is 4.74 Å². The minimum Gasteiger partial charge on any atom is -0.462 e. The van der Waals surface area contributed by atoms with Crippen LogP contribution in [0.3, 0.4) is 0 Å². The summed E-state index contributed by atoms with van der Waals surface area (Å²) < 4.78 is 18.4. The maximum atomic E-state index is 13.3. The number of ether oxygens (including phenoxy) is 1. The molecule has 0 aromatic heterocycles. The van der Waals surface area contributed by atoms with Gasteiger partial charge in [-0.1, -0.05) is 24.3 Å². The molecule has 0 fully saturated rings. The Morgan fingerprint density at radius 1 is 1.35 bits per heavy atom. The van der Waals surface area contributed by atoms with E-state index in [1.165, 1.54) is 12.1 Å². The molecule has 2 rings (SSSR count). The zero-order valence-corrected chi connectivity index (χ0v) is 9.56. The normalized spacial score (nSPS) is 19.0. The van der Waals surface area contributed by atoms with Crippen molar-refractivity contribution in [2.75, 3.05) is 6.61 Å². The van der Waals surface area contributed by atoms with Crippen molar-refractivity contribution < 1.29 is 13.9 Å². The van der Waals surface area contributed by atoms with E-state index in [0.29, 0.717) is 12.5 Å². The second-order valence-electron chi connectivity index (χ2n) is 4.23. The molecule has 0 saturated heterocycles. The maximum Gasteiger partial charge on any atom is 0.341 e. The average molecular weight is 234 g/mol. The van der Waals surface area contributed by atoms with Gasteiger partial charge in [-0.3, -0.25) is 0 Å². The number of hydrogen-bond donors (Lipinski definition) is 0. The Balaban J connectivity index is 1.89. The van der Waals surface area contributed by atoms with E-state index in [9.17, 15) is 9.18 Å². The fourth-order valence-electron chi connectivity index (χ4n) is 1.91. The number of carbonyl (C=O) groups is 1. The molecule has 1 aromatic rings.